The van der Waals surface area contributed by atoms with E-state index in [2.05, 4.69) is 21.2 Å². The summed E-state index contributed by atoms with van der Waals surface area (Å²) in [5.74, 6) is -2.45. The average molecular weight is 367 g/mol. The number of likely N-dealkylation sites (tertiary alicyclic amines) is 1. The molecule has 0 aliphatic carbocycles. The van der Waals surface area contributed by atoms with Crippen LogP contribution in [-0.4, -0.2) is 42.9 Å². The van der Waals surface area contributed by atoms with Gasteiger partial charge in [0.15, 0.2) is 0 Å². The maximum atomic E-state index is 12.4. The SMILES string of the molecule is COC(=O)C1NC(c2ccccc2Br)C2C(=O)N(C)C(=O)C12. The molecule has 116 valence electrons. The van der Waals surface area contributed by atoms with Crippen LogP contribution in [0.15, 0.2) is 28.7 Å². The van der Waals surface area contributed by atoms with Gasteiger partial charge in [-0.05, 0) is 11.6 Å². The van der Waals surface area contributed by atoms with Crippen LogP contribution in [0.2, 0.25) is 0 Å². The van der Waals surface area contributed by atoms with Crippen molar-refractivity contribution in [2.45, 2.75) is 12.1 Å². The van der Waals surface area contributed by atoms with Crippen molar-refractivity contribution < 1.29 is 19.1 Å². The van der Waals surface area contributed by atoms with E-state index in [0.29, 0.717) is 0 Å². The highest BCUT2D eigenvalue weighted by Crippen LogP contribution is 2.45. The van der Waals surface area contributed by atoms with Crippen LogP contribution in [0, 0.1) is 11.8 Å². The van der Waals surface area contributed by atoms with Crippen LogP contribution in [0.25, 0.3) is 0 Å². The number of imide groups is 1. The first-order chi connectivity index (χ1) is 10.5. The summed E-state index contributed by atoms with van der Waals surface area (Å²) >= 11 is 3.46. The summed E-state index contributed by atoms with van der Waals surface area (Å²) in [7, 11) is 2.73. The number of benzene rings is 1. The van der Waals surface area contributed by atoms with E-state index in [0.717, 1.165) is 14.9 Å². The number of carbonyl (C=O) groups excluding carboxylic acids is 3. The van der Waals surface area contributed by atoms with E-state index in [1.165, 1.54) is 14.2 Å². The average Bonchev–Trinajstić information content (AvgIpc) is 3.01. The molecule has 2 aliphatic rings. The predicted octanol–water partition coefficient (Wildman–Crippen LogP) is 0.866. The topological polar surface area (TPSA) is 75.7 Å². The number of halogens is 1. The van der Waals surface area contributed by atoms with Gasteiger partial charge in [0, 0.05) is 17.6 Å². The van der Waals surface area contributed by atoms with E-state index in [1.807, 2.05) is 24.3 Å². The molecule has 0 aromatic heterocycles. The van der Waals surface area contributed by atoms with Gasteiger partial charge in [-0.15, -0.1) is 0 Å². The second-order valence-electron chi connectivity index (χ2n) is 5.45. The Hall–Kier alpha value is -1.73. The molecule has 0 spiro atoms. The van der Waals surface area contributed by atoms with Gasteiger partial charge in [-0.2, -0.15) is 0 Å². The Labute approximate surface area is 135 Å². The summed E-state index contributed by atoms with van der Waals surface area (Å²) in [6.45, 7) is 0. The number of ether oxygens (including phenoxy) is 1. The minimum Gasteiger partial charge on any atom is -0.468 e. The van der Waals surface area contributed by atoms with Gasteiger partial charge in [0.05, 0.1) is 18.9 Å². The first-order valence-electron chi connectivity index (χ1n) is 6.87. The Morgan fingerprint density at radius 1 is 1.23 bits per heavy atom. The van der Waals surface area contributed by atoms with Crippen molar-refractivity contribution in [2.24, 2.45) is 11.8 Å². The van der Waals surface area contributed by atoms with Gasteiger partial charge in [0.25, 0.3) is 0 Å². The Bertz CT molecular complexity index is 663. The standard InChI is InChI=1S/C15H15BrN2O4/c1-18-13(19)9-10(14(18)20)12(15(21)22-2)17-11(9)7-5-3-4-6-8(7)16/h3-6,9-12,17H,1-2H3. The summed E-state index contributed by atoms with van der Waals surface area (Å²) in [6.07, 6.45) is 0. The number of amides is 2. The molecule has 4 atom stereocenters. The van der Waals surface area contributed by atoms with Crippen molar-refractivity contribution in [3.63, 3.8) is 0 Å². The smallest absolute Gasteiger partial charge is 0.323 e. The van der Waals surface area contributed by atoms with Crippen LogP contribution < -0.4 is 5.32 Å². The Morgan fingerprint density at radius 2 is 1.86 bits per heavy atom. The number of carbonyl (C=O) groups is 3. The van der Waals surface area contributed by atoms with E-state index < -0.39 is 29.9 Å². The molecule has 7 heteroatoms. The molecule has 2 aliphatic heterocycles. The second-order valence-corrected chi connectivity index (χ2v) is 6.31. The molecule has 22 heavy (non-hydrogen) atoms. The Morgan fingerprint density at radius 3 is 2.50 bits per heavy atom. The molecule has 2 amide bonds. The normalized spacial score (nSPS) is 30.6. The summed E-state index contributed by atoms with van der Waals surface area (Å²) in [6, 6.07) is 6.23. The first kappa shape index (κ1) is 15.2. The van der Waals surface area contributed by atoms with Crippen molar-refractivity contribution in [1.29, 1.82) is 0 Å². The van der Waals surface area contributed by atoms with Crippen molar-refractivity contribution in [1.82, 2.24) is 10.2 Å². The molecule has 6 nitrogen and oxygen atoms in total. The zero-order valence-electron chi connectivity index (χ0n) is 12.1. The van der Waals surface area contributed by atoms with Crippen LogP contribution in [0.1, 0.15) is 11.6 Å². The van der Waals surface area contributed by atoms with E-state index in [4.69, 9.17) is 4.74 Å². The third-order valence-electron chi connectivity index (χ3n) is 4.39. The van der Waals surface area contributed by atoms with Crippen molar-refractivity contribution in [3.05, 3.63) is 34.3 Å². The number of fused-ring (bicyclic) bond motifs is 1. The summed E-state index contributed by atoms with van der Waals surface area (Å²) in [4.78, 5) is 37.9. The molecule has 0 radical (unpaired) electrons. The van der Waals surface area contributed by atoms with Crippen LogP contribution in [0.3, 0.4) is 0 Å². The first-order valence-corrected chi connectivity index (χ1v) is 7.66. The van der Waals surface area contributed by atoms with Crippen LogP contribution >= 0.6 is 15.9 Å². The fourth-order valence-electron chi connectivity index (χ4n) is 3.32. The maximum absolute atomic E-state index is 12.4. The molecule has 0 bridgehead atoms. The number of nitrogens with one attached hydrogen (secondary N) is 1. The molecule has 1 aromatic carbocycles. The van der Waals surface area contributed by atoms with E-state index >= 15 is 0 Å². The van der Waals surface area contributed by atoms with Crippen molar-refractivity contribution >= 4 is 33.7 Å². The minimum atomic E-state index is -0.812. The fraction of sp³-hybridized carbons (Fsp3) is 0.400. The zero-order chi connectivity index (χ0) is 16.0. The number of methoxy groups -OCH3 is 1. The van der Waals surface area contributed by atoms with Crippen LogP contribution in [-0.2, 0) is 19.1 Å². The highest BCUT2D eigenvalue weighted by Gasteiger charge is 2.60. The molecule has 1 aromatic rings. The molecule has 1 N–H and O–H groups in total. The number of hydrogen-bond donors (Lipinski definition) is 1. The van der Waals surface area contributed by atoms with Crippen molar-refractivity contribution in [3.8, 4) is 0 Å². The highest BCUT2D eigenvalue weighted by atomic mass is 79.9. The molecule has 2 saturated heterocycles. The lowest BCUT2D eigenvalue weighted by atomic mass is 9.86. The summed E-state index contributed by atoms with van der Waals surface area (Å²) in [5.41, 5.74) is 0.848. The number of nitrogens with zero attached hydrogens (tertiary/aromatic N) is 1. The number of esters is 1. The third-order valence-corrected chi connectivity index (χ3v) is 5.11. The van der Waals surface area contributed by atoms with Gasteiger partial charge in [-0.3, -0.25) is 24.6 Å². The number of rotatable bonds is 2. The molecule has 0 saturated carbocycles. The maximum Gasteiger partial charge on any atom is 0.323 e. The highest BCUT2D eigenvalue weighted by molar-refractivity contribution is 9.10. The largest absolute Gasteiger partial charge is 0.468 e. The van der Waals surface area contributed by atoms with E-state index in [9.17, 15) is 14.4 Å². The monoisotopic (exact) mass is 366 g/mol. The van der Waals surface area contributed by atoms with Gasteiger partial charge in [-0.1, -0.05) is 34.1 Å². The Balaban J connectivity index is 2.06. The fourth-order valence-corrected chi connectivity index (χ4v) is 3.85. The molecule has 2 heterocycles. The summed E-state index contributed by atoms with van der Waals surface area (Å²) in [5, 5.41) is 3.11. The summed E-state index contributed by atoms with van der Waals surface area (Å²) < 4.78 is 5.61. The van der Waals surface area contributed by atoms with Gasteiger partial charge < -0.3 is 4.74 Å². The molecular weight excluding hydrogens is 352 g/mol. The molecule has 2 fully saturated rings. The lowest BCUT2D eigenvalue weighted by Crippen LogP contribution is -2.42. The van der Waals surface area contributed by atoms with Crippen LogP contribution in [0.5, 0.6) is 0 Å². The van der Waals surface area contributed by atoms with Gasteiger partial charge in [-0.25, -0.2) is 0 Å². The predicted molar refractivity (Wildman–Crippen MR) is 80.6 cm³/mol. The second kappa shape index (κ2) is 5.48. The molecular formula is C15H15BrN2O4. The van der Waals surface area contributed by atoms with Gasteiger partial charge in [0.2, 0.25) is 11.8 Å². The van der Waals surface area contributed by atoms with Gasteiger partial charge >= 0.3 is 5.97 Å². The van der Waals surface area contributed by atoms with Gasteiger partial charge in [0.1, 0.15) is 6.04 Å². The molecule has 3 rings (SSSR count). The number of hydrogen-bond acceptors (Lipinski definition) is 5. The van der Waals surface area contributed by atoms with E-state index in [-0.39, 0.29) is 11.8 Å². The minimum absolute atomic E-state index is 0.269. The molecule has 4 unspecified atom stereocenters. The quantitative estimate of drug-likeness (QED) is 0.620. The third kappa shape index (κ3) is 2.07. The Kier molecular flexibility index (Phi) is 3.78. The zero-order valence-corrected chi connectivity index (χ0v) is 13.7. The van der Waals surface area contributed by atoms with Crippen molar-refractivity contribution in [2.75, 3.05) is 14.2 Å². The van der Waals surface area contributed by atoms with E-state index in [1.54, 1.807) is 0 Å². The lowest BCUT2D eigenvalue weighted by Gasteiger charge is -2.20. The lowest BCUT2D eigenvalue weighted by molar-refractivity contribution is -0.147. The van der Waals surface area contributed by atoms with Crippen LogP contribution in [0.4, 0.5) is 0 Å².